The van der Waals surface area contributed by atoms with Gasteiger partial charge in [0.1, 0.15) is 0 Å². The minimum Gasteiger partial charge on any atom is -0.212 e. The molecule has 0 bridgehead atoms. The second kappa shape index (κ2) is 4.81. The van der Waals surface area contributed by atoms with Crippen LogP contribution < -0.4 is 0 Å². The van der Waals surface area contributed by atoms with E-state index in [-0.39, 0.29) is 17.7 Å². The topological polar surface area (TPSA) is 37.4 Å². The van der Waals surface area contributed by atoms with Gasteiger partial charge in [-0.3, -0.25) is 0 Å². The summed E-state index contributed by atoms with van der Waals surface area (Å²) in [6.07, 6.45) is 1.92. The molecule has 84 valence electrons. The molecule has 2 unspecified atom stereocenters. The van der Waals surface area contributed by atoms with E-state index in [9.17, 15) is 8.42 Å². The Balaban J connectivity index is 2.69. The zero-order valence-electron chi connectivity index (χ0n) is 8.74. The molecule has 2 atom stereocenters. The van der Waals surface area contributed by atoms with Crippen molar-refractivity contribution in [2.75, 3.05) is 18.2 Å². The fourth-order valence-corrected chi connectivity index (χ4v) is 4.05. The molecule has 5 heteroatoms. The van der Waals surface area contributed by atoms with E-state index in [0.29, 0.717) is 12.5 Å². The van der Waals surface area contributed by atoms with Crippen LogP contribution >= 0.6 is 11.6 Å². The Bertz CT molecular complexity index is 279. The molecule has 0 saturated carbocycles. The summed E-state index contributed by atoms with van der Waals surface area (Å²) in [6.45, 7) is 4.80. The van der Waals surface area contributed by atoms with Gasteiger partial charge in [0.2, 0.25) is 10.0 Å². The number of alkyl halides is 1. The molecule has 0 spiro atoms. The Morgan fingerprint density at radius 3 is 2.57 bits per heavy atom. The van der Waals surface area contributed by atoms with Crippen LogP contribution in [0.25, 0.3) is 0 Å². The molecule has 0 aromatic carbocycles. The van der Waals surface area contributed by atoms with Crippen LogP contribution in [0, 0.1) is 5.92 Å². The maximum atomic E-state index is 11.7. The van der Waals surface area contributed by atoms with Gasteiger partial charge < -0.3 is 0 Å². The summed E-state index contributed by atoms with van der Waals surface area (Å²) >= 11 is 5.48. The van der Waals surface area contributed by atoms with E-state index in [1.54, 1.807) is 4.31 Å². The fraction of sp³-hybridized carbons (Fsp3) is 1.00. The van der Waals surface area contributed by atoms with Crippen molar-refractivity contribution in [1.29, 1.82) is 0 Å². The van der Waals surface area contributed by atoms with Gasteiger partial charge in [0, 0.05) is 18.5 Å². The van der Waals surface area contributed by atoms with E-state index in [1.165, 1.54) is 0 Å². The molecule has 1 aliphatic heterocycles. The predicted molar refractivity (Wildman–Crippen MR) is 59.1 cm³/mol. The Morgan fingerprint density at radius 1 is 1.43 bits per heavy atom. The third-order valence-corrected chi connectivity index (χ3v) is 5.16. The first kappa shape index (κ1) is 12.3. The van der Waals surface area contributed by atoms with Crippen molar-refractivity contribution < 1.29 is 8.42 Å². The third-order valence-electron chi connectivity index (χ3n) is 2.77. The molecule has 1 aliphatic rings. The van der Waals surface area contributed by atoms with Crippen molar-refractivity contribution in [2.45, 2.75) is 32.7 Å². The summed E-state index contributed by atoms with van der Waals surface area (Å²) in [4.78, 5) is 0. The molecule has 1 heterocycles. The number of nitrogens with zero attached hydrogens (tertiary/aromatic N) is 1. The lowest BCUT2D eigenvalue weighted by Gasteiger charge is -2.35. The number of hydrogen-bond donors (Lipinski definition) is 0. The molecule has 0 N–H and O–H groups in total. The van der Waals surface area contributed by atoms with E-state index >= 15 is 0 Å². The number of halogens is 1. The van der Waals surface area contributed by atoms with Crippen LogP contribution in [0.1, 0.15) is 26.7 Å². The average Bonchev–Trinajstić information content (AvgIpc) is 2.02. The lowest BCUT2D eigenvalue weighted by molar-refractivity contribution is 0.220. The van der Waals surface area contributed by atoms with Crippen LogP contribution in [0.15, 0.2) is 0 Å². The van der Waals surface area contributed by atoms with Gasteiger partial charge in [-0.15, -0.1) is 11.6 Å². The van der Waals surface area contributed by atoms with Gasteiger partial charge in [-0.2, -0.15) is 4.31 Å². The molecule has 3 nitrogen and oxygen atoms in total. The normalized spacial score (nSPS) is 30.5. The lowest BCUT2D eigenvalue weighted by atomic mass is 9.95. The van der Waals surface area contributed by atoms with Crippen LogP contribution in [-0.2, 0) is 10.0 Å². The monoisotopic (exact) mass is 239 g/mol. The summed E-state index contributed by atoms with van der Waals surface area (Å²) in [5.41, 5.74) is 0. The second-order valence-electron chi connectivity index (χ2n) is 4.09. The first-order valence-electron chi connectivity index (χ1n) is 5.03. The summed E-state index contributed by atoms with van der Waals surface area (Å²) in [6, 6.07) is 0.131. The number of sulfonamides is 1. The highest BCUT2D eigenvalue weighted by Gasteiger charge is 2.31. The minimum atomic E-state index is -3.10. The van der Waals surface area contributed by atoms with Crippen LogP contribution in [-0.4, -0.2) is 36.9 Å². The zero-order chi connectivity index (χ0) is 10.8. The van der Waals surface area contributed by atoms with Crippen molar-refractivity contribution in [2.24, 2.45) is 5.92 Å². The van der Waals surface area contributed by atoms with Crippen LogP contribution in [0.4, 0.5) is 0 Å². The van der Waals surface area contributed by atoms with Gasteiger partial charge in [0.05, 0.1) is 5.75 Å². The van der Waals surface area contributed by atoms with E-state index < -0.39 is 10.0 Å². The van der Waals surface area contributed by atoms with Gasteiger partial charge >= 0.3 is 0 Å². The maximum absolute atomic E-state index is 11.7. The Kier molecular flexibility index (Phi) is 4.22. The van der Waals surface area contributed by atoms with E-state index in [4.69, 9.17) is 11.6 Å². The van der Waals surface area contributed by atoms with Crippen LogP contribution in [0.5, 0.6) is 0 Å². The third kappa shape index (κ3) is 2.84. The van der Waals surface area contributed by atoms with Gasteiger partial charge in [-0.1, -0.05) is 6.92 Å². The Morgan fingerprint density at radius 2 is 2.07 bits per heavy atom. The molecule has 0 aromatic rings. The highest BCUT2D eigenvalue weighted by Crippen LogP contribution is 2.24. The fourth-order valence-electron chi connectivity index (χ4n) is 2.01. The zero-order valence-corrected chi connectivity index (χ0v) is 10.3. The first-order valence-corrected chi connectivity index (χ1v) is 7.17. The van der Waals surface area contributed by atoms with Crippen LogP contribution in [0.3, 0.4) is 0 Å². The van der Waals surface area contributed by atoms with Crippen molar-refractivity contribution in [3.8, 4) is 0 Å². The summed E-state index contributed by atoms with van der Waals surface area (Å²) in [7, 11) is -3.10. The van der Waals surface area contributed by atoms with Gasteiger partial charge in [0.25, 0.3) is 0 Å². The largest absolute Gasteiger partial charge is 0.215 e. The predicted octanol–water partition coefficient (Wildman–Crippen LogP) is 1.68. The second-order valence-corrected chi connectivity index (χ2v) is 6.51. The summed E-state index contributed by atoms with van der Waals surface area (Å²) < 4.78 is 25.1. The first-order chi connectivity index (χ1) is 6.47. The molecule has 0 aliphatic carbocycles. The lowest BCUT2D eigenvalue weighted by Crippen LogP contribution is -2.45. The molecular weight excluding hydrogens is 222 g/mol. The van der Waals surface area contributed by atoms with Crippen molar-refractivity contribution in [3.63, 3.8) is 0 Å². The molecule has 1 saturated heterocycles. The smallest absolute Gasteiger partial charge is 0.212 e. The molecule has 1 fully saturated rings. The summed E-state index contributed by atoms with van der Waals surface area (Å²) in [5, 5.41) is 0. The SMILES string of the molecule is CC1CCN(S(=O)(=O)CCCl)C(C)C1. The van der Waals surface area contributed by atoms with E-state index in [1.807, 2.05) is 6.92 Å². The highest BCUT2D eigenvalue weighted by molar-refractivity contribution is 7.89. The maximum Gasteiger partial charge on any atom is 0.215 e. The number of hydrogen-bond acceptors (Lipinski definition) is 2. The van der Waals surface area contributed by atoms with Crippen molar-refractivity contribution >= 4 is 21.6 Å². The standard InChI is InChI=1S/C9H18ClNO2S/c1-8-3-5-11(9(2)7-8)14(12,13)6-4-10/h8-9H,3-7H2,1-2H3. The van der Waals surface area contributed by atoms with Crippen molar-refractivity contribution in [3.05, 3.63) is 0 Å². The van der Waals surface area contributed by atoms with E-state index in [2.05, 4.69) is 6.92 Å². The minimum absolute atomic E-state index is 0.0628. The number of rotatable bonds is 3. The average molecular weight is 240 g/mol. The molecule has 0 amide bonds. The molecule has 1 rings (SSSR count). The van der Waals surface area contributed by atoms with Gasteiger partial charge in [-0.05, 0) is 25.7 Å². The molecule has 14 heavy (non-hydrogen) atoms. The van der Waals surface area contributed by atoms with Crippen molar-refractivity contribution in [1.82, 2.24) is 4.31 Å². The highest BCUT2D eigenvalue weighted by atomic mass is 35.5. The van der Waals surface area contributed by atoms with Crippen LogP contribution in [0.2, 0.25) is 0 Å². The van der Waals surface area contributed by atoms with Gasteiger partial charge in [-0.25, -0.2) is 8.42 Å². The quantitative estimate of drug-likeness (QED) is 0.703. The molecule has 0 radical (unpaired) electrons. The molecule has 0 aromatic heterocycles. The Hall–Kier alpha value is 0.200. The van der Waals surface area contributed by atoms with Gasteiger partial charge in [0.15, 0.2) is 0 Å². The number of piperidine rings is 1. The van der Waals surface area contributed by atoms with E-state index in [0.717, 1.165) is 12.8 Å². The molecular formula is C9H18ClNO2S. The summed E-state index contributed by atoms with van der Waals surface area (Å²) in [5.74, 6) is 0.876. The Labute approximate surface area is 91.5 Å².